The van der Waals surface area contributed by atoms with Crippen LogP contribution >= 0.6 is 23.2 Å². The molecule has 5 nitrogen and oxygen atoms in total. The number of nitrogens with two attached hydrogens (primary N) is 1. The van der Waals surface area contributed by atoms with Crippen LogP contribution in [0.2, 0.25) is 10.0 Å². The Bertz CT molecular complexity index is 577. The Morgan fingerprint density at radius 1 is 1.33 bits per heavy atom. The molecule has 0 saturated carbocycles. The van der Waals surface area contributed by atoms with Crippen LogP contribution in [0.15, 0.2) is 17.0 Å². The molecular formula is C13H17Cl2NO4S. The second-order valence-corrected chi connectivity index (χ2v) is 7.26. The fraction of sp³-hybridized carbons (Fsp3) is 0.538. The highest BCUT2D eigenvalue weighted by atomic mass is 35.5. The lowest BCUT2D eigenvalue weighted by atomic mass is 10.1. The van der Waals surface area contributed by atoms with Gasteiger partial charge >= 0.3 is 0 Å². The summed E-state index contributed by atoms with van der Waals surface area (Å²) in [5, 5.41) is 5.29. The highest BCUT2D eigenvalue weighted by molar-refractivity contribution is 7.89. The monoisotopic (exact) mass is 353 g/mol. The maximum Gasteiger partial charge on any atom is 0.238 e. The summed E-state index contributed by atoms with van der Waals surface area (Å²) in [6.07, 6.45) is 4.24. The minimum Gasteiger partial charge on any atom is -0.490 e. The van der Waals surface area contributed by atoms with Gasteiger partial charge in [-0.1, -0.05) is 23.2 Å². The molecule has 0 bridgehead atoms. The van der Waals surface area contributed by atoms with Gasteiger partial charge in [-0.3, -0.25) is 0 Å². The van der Waals surface area contributed by atoms with Crippen LogP contribution < -0.4 is 9.88 Å². The summed E-state index contributed by atoms with van der Waals surface area (Å²) in [6, 6.07) is 2.47. The second kappa shape index (κ2) is 7.15. The van der Waals surface area contributed by atoms with E-state index in [4.69, 9.17) is 37.8 Å². The molecule has 1 aliphatic heterocycles. The fourth-order valence-corrected chi connectivity index (χ4v) is 3.49. The SMILES string of the molecule is NS(=O)(=O)c1cc(Cl)c(OCCCC2CCCO2)c(Cl)c1. The van der Waals surface area contributed by atoms with Crippen molar-refractivity contribution in [1.82, 2.24) is 0 Å². The molecule has 0 aromatic heterocycles. The number of sulfonamides is 1. The third-order valence-electron chi connectivity index (χ3n) is 3.24. The van der Waals surface area contributed by atoms with Crippen molar-refractivity contribution >= 4 is 33.2 Å². The number of hydrogen-bond acceptors (Lipinski definition) is 4. The first kappa shape index (κ1) is 16.8. The van der Waals surface area contributed by atoms with Crippen molar-refractivity contribution in [1.29, 1.82) is 0 Å². The molecule has 0 radical (unpaired) electrons. The van der Waals surface area contributed by atoms with Crippen LogP contribution in [0.5, 0.6) is 5.75 Å². The molecule has 1 aromatic carbocycles. The van der Waals surface area contributed by atoms with E-state index in [2.05, 4.69) is 0 Å². The van der Waals surface area contributed by atoms with Crippen LogP contribution in [0.3, 0.4) is 0 Å². The van der Waals surface area contributed by atoms with E-state index >= 15 is 0 Å². The van der Waals surface area contributed by atoms with Gasteiger partial charge in [0.25, 0.3) is 0 Å². The first-order chi connectivity index (χ1) is 9.88. The molecule has 0 amide bonds. The molecule has 21 heavy (non-hydrogen) atoms. The summed E-state index contributed by atoms with van der Waals surface area (Å²) in [5.74, 6) is 0.276. The zero-order valence-corrected chi connectivity index (χ0v) is 13.7. The lowest BCUT2D eigenvalue weighted by Crippen LogP contribution is -2.12. The largest absolute Gasteiger partial charge is 0.490 e. The average molecular weight is 354 g/mol. The van der Waals surface area contributed by atoms with E-state index in [-0.39, 0.29) is 20.7 Å². The van der Waals surface area contributed by atoms with Gasteiger partial charge in [0.1, 0.15) is 0 Å². The minimum atomic E-state index is -3.84. The van der Waals surface area contributed by atoms with Gasteiger partial charge in [0.15, 0.2) is 5.75 Å². The zero-order valence-electron chi connectivity index (χ0n) is 11.3. The second-order valence-electron chi connectivity index (χ2n) is 4.89. The predicted molar refractivity (Wildman–Crippen MR) is 81.5 cm³/mol. The molecular weight excluding hydrogens is 337 g/mol. The van der Waals surface area contributed by atoms with Crippen molar-refractivity contribution in [2.45, 2.75) is 36.7 Å². The molecule has 0 spiro atoms. The molecule has 1 atom stereocenters. The van der Waals surface area contributed by atoms with Gasteiger partial charge in [0.2, 0.25) is 10.0 Å². The summed E-state index contributed by atoms with van der Waals surface area (Å²) in [6.45, 7) is 1.27. The molecule has 1 fully saturated rings. The number of benzene rings is 1. The van der Waals surface area contributed by atoms with Gasteiger partial charge in [0.05, 0.1) is 27.7 Å². The molecule has 118 valence electrons. The Morgan fingerprint density at radius 3 is 2.52 bits per heavy atom. The maximum atomic E-state index is 11.3. The Labute approximate surface area is 134 Å². The van der Waals surface area contributed by atoms with Crippen LogP contribution in [-0.4, -0.2) is 27.7 Å². The maximum absolute atomic E-state index is 11.3. The lowest BCUT2D eigenvalue weighted by Gasteiger charge is -2.13. The molecule has 2 rings (SSSR count). The smallest absolute Gasteiger partial charge is 0.238 e. The van der Waals surface area contributed by atoms with Gasteiger partial charge in [-0.2, -0.15) is 0 Å². The van der Waals surface area contributed by atoms with Crippen molar-refractivity contribution in [2.75, 3.05) is 13.2 Å². The lowest BCUT2D eigenvalue weighted by molar-refractivity contribution is 0.0981. The van der Waals surface area contributed by atoms with Crippen molar-refractivity contribution in [3.63, 3.8) is 0 Å². The van der Waals surface area contributed by atoms with Gasteiger partial charge in [0, 0.05) is 6.61 Å². The fourth-order valence-electron chi connectivity index (χ4n) is 2.20. The highest BCUT2D eigenvalue weighted by Gasteiger charge is 2.17. The molecule has 8 heteroatoms. The van der Waals surface area contributed by atoms with E-state index in [0.29, 0.717) is 12.7 Å². The summed E-state index contributed by atoms with van der Waals surface area (Å²) < 4.78 is 33.6. The third kappa shape index (κ3) is 4.72. The minimum absolute atomic E-state index is 0.128. The van der Waals surface area contributed by atoms with Gasteiger partial charge < -0.3 is 9.47 Å². The standard InChI is InChI=1S/C13H17Cl2NO4S/c14-11-7-10(21(16,17)18)8-12(15)13(11)20-6-2-4-9-3-1-5-19-9/h7-9H,1-6H2,(H2,16,17,18). The van der Waals surface area contributed by atoms with Gasteiger partial charge in [-0.05, 0) is 37.8 Å². The number of ether oxygens (including phenoxy) is 2. The van der Waals surface area contributed by atoms with Crippen LogP contribution in [0, 0.1) is 0 Å². The first-order valence-corrected chi connectivity index (χ1v) is 8.94. The van der Waals surface area contributed by atoms with Crippen molar-refractivity contribution in [3.05, 3.63) is 22.2 Å². The first-order valence-electron chi connectivity index (χ1n) is 6.64. The number of primary sulfonamides is 1. The van der Waals surface area contributed by atoms with Crippen molar-refractivity contribution < 1.29 is 17.9 Å². The Morgan fingerprint density at radius 2 is 2.00 bits per heavy atom. The van der Waals surface area contributed by atoms with E-state index in [0.717, 1.165) is 32.3 Å². The quantitative estimate of drug-likeness (QED) is 0.797. The van der Waals surface area contributed by atoms with Crippen LogP contribution in [0.4, 0.5) is 0 Å². The molecule has 1 unspecified atom stereocenters. The normalized spacial score (nSPS) is 18.9. The van der Waals surface area contributed by atoms with E-state index in [1.165, 1.54) is 12.1 Å². The van der Waals surface area contributed by atoms with Crippen molar-refractivity contribution in [3.8, 4) is 5.75 Å². The van der Waals surface area contributed by atoms with Crippen LogP contribution in [-0.2, 0) is 14.8 Å². The molecule has 1 aromatic rings. The average Bonchev–Trinajstić information content (AvgIpc) is 2.88. The molecule has 2 N–H and O–H groups in total. The topological polar surface area (TPSA) is 78.6 Å². The third-order valence-corrected chi connectivity index (χ3v) is 4.70. The van der Waals surface area contributed by atoms with Gasteiger partial charge in [-0.25, -0.2) is 13.6 Å². The van der Waals surface area contributed by atoms with E-state index in [1.807, 2.05) is 0 Å². The van der Waals surface area contributed by atoms with Crippen LogP contribution in [0.25, 0.3) is 0 Å². The Hall–Kier alpha value is -0.530. The number of halogens is 2. The summed E-state index contributed by atoms with van der Waals surface area (Å²) in [5.41, 5.74) is 0. The summed E-state index contributed by atoms with van der Waals surface area (Å²) >= 11 is 12.0. The number of hydrogen-bond donors (Lipinski definition) is 1. The summed E-state index contributed by atoms with van der Waals surface area (Å²) in [7, 11) is -3.84. The molecule has 1 saturated heterocycles. The highest BCUT2D eigenvalue weighted by Crippen LogP contribution is 2.35. The predicted octanol–water partition coefficient (Wildman–Crippen LogP) is 2.98. The molecule has 1 heterocycles. The van der Waals surface area contributed by atoms with E-state index < -0.39 is 10.0 Å². The summed E-state index contributed by atoms with van der Waals surface area (Å²) in [4.78, 5) is -0.135. The Balaban J connectivity index is 1.93. The van der Waals surface area contributed by atoms with Gasteiger partial charge in [-0.15, -0.1) is 0 Å². The van der Waals surface area contributed by atoms with Crippen molar-refractivity contribution in [2.24, 2.45) is 5.14 Å². The van der Waals surface area contributed by atoms with E-state index in [1.54, 1.807) is 0 Å². The zero-order chi connectivity index (χ0) is 15.5. The van der Waals surface area contributed by atoms with E-state index in [9.17, 15) is 8.42 Å². The Kier molecular flexibility index (Phi) is 5.73. The molecule has 0 aliphatic carbocycles. The number of rotatable bonds is 6. The molecule has 1 aliphatic rings. The van der Waals surface area contributed by atoms with Crippen LogP contribution in [0.1, 0.15) is 25.7 Å².